The molecule has 0 aliphatic carbocycles. The maximum Gasteiger partial charge on any atom is 0.191 e. The van der Waals surface area contributed by atoms with Crippen LogP contribution in [0.1, 0.15) is 18.3 Å². The van der Waals surface area contributed by atoms with Crippen LogP contribution in [0.15, 0.2) is 29.5 Å². The largest absolute Gasteiger partial charge is 0.508 e. The van der Waals surface area contributed by atoms with E-state index in [1.54, 1.807) is 17.9 Å². The molecule has 0 fully saturated rings. The lowest BCUT2D eigenvalue weighted by Gasteiger charge is -2.12. The highest BCUT2D eigenvalue weighted by Gasteiger charge is 2.05. The molecule has 1 heterocycles. The number of phenols is 1. The van der Waals surface area contributed by atoms with Gasteiger partial charge in [-0.1, -0.05) is 6.07 Å². The molecule has 0 aliphatic rings. The lowest BCUT2D eigenvalue weighted by Crippen LogP contribution is -2.38. The van der Waals surface area contributed by atoms with Crippen molar-refractivity contribution in [2.45, 2.75) is 19.9 Å². The van der Waals surface area contributed by atoms with Gasteiger partial charge in [-0.05, 0) is 25.0 Å². The van der Waals surface area contributed by atoms with Crippen LogP contribution in [0, 0.1) is 0 Å². The van der Waals surface area contributed by atoms with Gasteiger partial charge in [-0.2, -0.15) is 5.10 Å². The highest BCUT2D eigenvalue weighted by atomic mass is 16.5. The van der Waals surface area contributed by atoms with Crippen LogP contribution in [0.5, 0.6) is 11.5 Å². The number of aliphatic imine (C=N–C) groups is 1. The summed E-state index contributed by atoms with van der Waals surface area (Å²) in [6.07, 6.45) is 2.18. The van der Waals surface area contributed by atoms with Crippen LogP contribution in [0.25, 0.3) is 0 Å². The average molecular weight is 332 g/mol. The highest BCUT2D eigenvalue weighted by molar-refractivity contribution is 5.79. The minimum Gasteiger partial charge on any atom is -0.508 e. The van der Waals surface area contributed by atoms with Gasteiger partial charge in [0.15, 0.2) is 5.96 Å². The van der Waals surface area contributed by atoms with E-state index in [-0.39, 0.29) is 5.75 Å². The molecule has 0 bridgehead atoms. The number of benzene rings is 1. The number of phenolic OH excluding ortho intramolecular Hbond substituents is 1. The second-order valence-corrected chi connectivity index (χ2v) is 5.17. The van der Waals surface area contributed by atoms with Gasteiger partial charge in [0.25, 0.3) is 0 Å². The van der Waals surface area contributed by atoms with Crippen LogP contribution in [-0.4, -0.2) is 46.0 Å². The van der Waals surface area contributed by atoms with Gasteiger partial charge in [0.05, 0.1) is 7.11 Å². The Balaban J connectivity index is 1.90. The maximum atomic E-state index is 9.98. The third kappa shape index (κ3) is 4.87. The molecule has 0 amide bonds. The van der Waals surface area contributed by atoms with E-state index < -0.39 is 0 Å². The second-order valence-electron chi connectivity index (χ2n) is 5.17. The number of guanidine groups is 1. The number of nitrogens with one attached hydrogen (secondary N) is 2. The average Bonchev–Trinajstić information content (AvgIpc) is 2.99. The Morgan fingerprint density at radius 1 is 1.38 bits per heavy atom. The number of aromatic hydroxyl groups is 1. The van der Waals surface area contributed by atoms with E-state index in [4.69, 9.17) is 4.74 Å². The van der Waals surface area contributed by atoms with Gasteiger partial charge in [-0.25, -0.2) is 9.98 Å². The maximum absolute atomic E-state index is 9.98. The number of rotatable bonds is 7. The topological polar surface area (TPSA) is 96.6 Å². The number of nitrogens with zero attached hydrogens (tertiary/aromatic N) is 4. The first-order valence-electron chi connectivity index (χ1n) is 7.85. The summed E-state index contributed by atoms with van der Waals surface area (Å²) in [6, 6.07) is 5.31. The van der Waals surface area contributed by atoms with Crippen molar-refractivity contribution < 1.29 is 9.84 Å². The van der Waals surface area contributed by atoms with Crippen molar-refractivity contribution >= 4 is 5.96 Å². The first-order valence-corrected chi connectivity index (χ1v) is 7.85. The van der Waals surface area contributed by atoms with Gasteiger partial charge in [-0.15, -0.1) is 0 Å². The minimum absolute atomic E-state index is 0.233. The van der Waals surface area contributed by atoms with E-state index in [0.717, 1.165) is 17.9 Å². The summed E-state index contributed by atoms with van der Waals surface area (Å²) in [5.74, 6) is 2.37. The SMILES string of the molecule is CCNC(=NCc1ncnn1C)NCCc1ccc(OC)cc1O. The van der Waals surface area contributed by atoms with Crippen LogP contribution >= 0.6 is 0 Å². The van der Waals surface area contributed by atoms with Crippen molar-refractivity contribution in [2.24, 2.45) is 12.0 Å². The van der Waals surface area contributed by atoms with Crippen LogP contribution in [-0.2, 0) is 20.0 Å². The van der Waals surface area contributed by atoms with Gasteiger partial charge in [-0.3, -0.25) is 4.68 Å². The fourth-order valence-electron chi connectivity index (χ4n) is 2.15. The number of methoxy groups -OCH3 is 1. The molecule has 0 radical (unpaired) electrons. The molecule has 0 saturated carbocycles. The van der Waals surface area contributed by atoms with E-state index in [1.807, 2.05) is 26.1 Å². The predicted octanol–water partition coefficient (Wildman–Crippen LogP) is 0.827. The fraction of sp³-hybridized carbons (Fsp3) is 0.438. The molecule has 0 saturated heterocycles. The number of hydrogen-bond donors (Lipinski definition) is 3. The Morgan fingerprint density at radius 3 is 2.83 bits per heavy atom. The fourth-order valence-corrected chi connectivity index (χ4v) is 2.15. The molecule has 0 aliphatic heterocycles. The van der Waals surface area contributed by atoms with Crippen molar-refractivity contribution in [3.63, 3.8) is 0 Å². The number of ether oxygens (including phenoxy) is 1. The van der Waals surface area contributed by atoms with Crippen LogP contribution in [0.4, 0.5) is 0 Å². The Hall–Kier alpha value is -2.77. The van der Waals surface area contributed by atoms with E-state index in [0.29, 0.717) is 31.2 Å². The van der Waals surface area contributed by atoms with Gasteiger partial charge in [0.1, 0.15) is 30.2 Å². The molecule has 24 heavy (non-hydrogen) atoms. The number of hydrogen-bond acceptors (Lipinski definition) is 5. The second kappa shape index (κ2) is 8.76. The zero-order valence-electron chi connectivity index (χ0n) is 14.3. The summed E-state index contributed by atoms with van der Waals surface area (Å²) in [7, 11) is 3.41. The van der Waals surface area contributed by atoms with E-state index in [2.05, 4.69) is 25.7 Å². The standard InChI is InChI=1S/C16H24N6O2/c1-4-17-16(19-10-15-20-11-21-22(15)2)18-8-7-12-5-6-13(24-3)9-14(12)23/h5-6,9,11,23H,4,7-8,10H2,1-3H3,(H2,17,18,19). The molecule has 1 aromatic heterocycles. The van der Waals surface area contributed by atoms with Crippen LogP contribution in [0.2, 0.25) is 0 Å². The first kappa shape index (κ1) is 17.6. The third-order valence-corrected chi connectivity index (χ3v) is 3.51. The molecule has 3 N–H and O–H groups in total. The molecule has 8 nitrogen and oxygen atoms in total. The molecule has 8 heteroatoms. The minimum atomic E-state index is 0.233. The number of aryl methyl sites for hydroxylation is 1. The molecule has 0 atom stereocenters. The monoisotopic (exact) mass is 332 g/mol. The lowest BCUT2D eigenvalue weighted by atomic mass is 10.1. The highest BCUT2D eigenvalue weighted by Crippen LogP contribution is 2.23. The van der Waals surface area contributed by atoms with Crippen molar-refractivity contribution in [1.82, 2.24) is 25.4 Å². The van der Waals surface area contributed by atoms with Gasteiger partial charge in [0.2, 0.25) is 0 Å². The van der Waals surface area contributed by atoms with Gasteiger partial charge < -0.3 is 20.5 Å². The molecule has 2 aromatic rings. The molecule has 1 aromatic carbocycles. The molecule has 0 spiro atoms. The Labute approximate surface area is 141 Å². The summed E-state index contributed by atoms with van der Waals surface area (Å²) in [6.45, 7) is 3.86. The summed E-state index contributed by atoms with van der Waals surface area (Å²) in [4.78, 5) is 8.63. The quantitative estimate of drug-likeness (QED) is 0.513. The van der Waals surface area contributed by atoms with Gasteiger partial charge in [0, 0.05) is 26.2 Å². The molecule has 2 rings (SSSR count). The van der Waals surface area contributed by atoms with Crippen molar-refractivity contribution in [3.8, 4) is 11.5 Å². The van der Waals surface area contributed by atoms with Crippen LogP contribution < -0.4 is 15.4 Å². The Morgan fingerprint density at radius 2 is 2.21 bits per heavy atom. The van der Waals surface area contributed by atoms with Crippen molar-refractivity contribution in [3.05, 3.63) is 35.9 Å². The van der Waals surface area contributed by atoms with Gasteiger partial charge >= 0.3 is 0 Å². The Kier molecular flexibility index (Phi) is 6.41. The van der Waals surface area contributed by atoms with Crippen molar-refractivity contribution in [1.29, 1.82) is 0 Å². The summed E-state index contributed by atoms with van der Waals surface area (Å²) >= 11 is 0. The summed E-state index contributed by atoms with van der Waals surface area (Å²) in [5, 5.41) is 20.4. The predicted molar refractivity (Wildman–Crippen MR) is 92.2 cm³/mol. The molecule has 130 valence electrons. The van der Waals surface area contributed by atoms with Crippen LogP contribution in [0.3, 0.4) is 0 Å². The van der Waals surface area contributed by atoms with E-state index in [1.165, 1.54) is 6.33 Å². The normalized spacial score (nSPS) is 11.4. The summed E-state index contributed by atoms with van der Waals surface area (Å²) < 4.78 is 6.78. The zero-order valence-corrected chi connectivity index (χ0v) is 14.3. The van der Waals surface area contributed by atoms with E-state index >= 15 is 0 Å². The number of aromatic nitrogens is 3. The third-order valence-electron chi connectivity index (χ3n) is 3.51. The first-order chi connectivity index (χ1) is 11.6. The smallest absolute Gasteiger partial charge is 0.191 e. The molecule has 0 unspecified atom stereocenters. The van der Waals surface area contributed by atoms with Crippen molar-refractivity contribution in [2.75, 3.05) is 20.2 Å². The zero-order chi connectivity index (χ0) is 17.4. The molecular weight excluding hydrogens is 308 g/mol. The Bertz CT molecular complexity index is 683. The lowest BCUT2D eigenvalue weighted by molar-refractivity contribution is 0.406. The van der Waals surface area contributed by atoms with E-state index in [9.17, 15) is 5.11 Å². The summed E-state index contributed by atoms with van der Waals surface area (Å²) in [5.41, 5.74) is 0.854. The molecular formula is C16H24N6O2.